The van der Waals surface area contributed by atoms with Crippen LogP contribution >= 0.6 is 34.8 Å². The highest BCUT2D eigenvalue weighted by Gasteiger charge is 2.30. The zero-order valence-electron chi connectivity index (χ0n) is 9.83. The Balaban J connectivity index is 2.24. The van der Waals surface area contributed by atoms with E-state index in [9.17, 15) is 4.79 Å². The van der Waals surface area contributed by atoms with E-state index in [0.29, 0.717) is 34.1 Å². The number of amides is 1. The van der Waals surface area contributed by atoms with Gasteiger partial charge in [0.2, 0.25) is 0 Å². The Morgan fingerprint density at radius 1 is 1.33 bits per heavy atom. The average molecular weight is 307 g/mol. The number of alkyl halides is 1. The molecule has 1 aliphatic carbocycles. The molecular formula is C13H14Cl3NO. The van der Waals surface area contributed by atoms with Crippen molar-refractivity contribution in [2.24, 2.45) is 0 Å². The number of carbonyl (C=O) groups is 1. The summed E-state index contributed by atoms with van der Waals surface area (Å²) in [6, 6.07) is 5.42. The van der Waals surface area contributed by atoms with Gasteiger partial charge in [0, 0.05) is 18.5 Å². The fourth-order valence-electron chi connectivity index (χ4n) is 2.06. The van der Waals surface area contributed by atoms with Gasteiger partial charge < -0.3 is 4.90 Å². The highest BCUT2D eigenvalue weighted by atomic mass is 35.5. The molecule has 5 heteroatoms. The molecule has 1 aliphatic rings. The standard InChI is InChI=1S/C13H14Cl3NO/c14-7-8-17(9-3-1-4-9)13(18)10-5-2-6-11(15)12(10)16/h2,5-6,9H,1,3-4,7-8H2. The van der Waals surface area contributed by atoms with Crippen LogP contribution in [0.4, 0.5) is 0 Å². The molecule has 0 N–H and O–H groups in total. The van der Waals surface area contributed by atoms with Gasteiger partial charge in [0.05, 0.1) is 15.6 Å². The second-order valence-electron chi connectivity index (χ2n) is 4.37. The van der Waals surface area contributed by atoms with Crippen LogP contribution in [0.1, 0.15) is 29.6 Å². The topological polar surface area (TPSA) is 20.3 Å². The maximum Gasteiger partial charge on any atom is 0.255 e. The third-order valence-electron chi connectivity index (χ3n) is 3.28. The lowest BCUT2D eigenvalue weighted by Crippen LogP contribution is -2.45. The van der Waals surface area contributed by atoms with E-state index in [4.69, 9.17) is 34.8 Å². The molecule has 0 unspecified atom stereocenters. The molecule has 0 aromatic heterocycles. The average Bonchev–Trinajstić information content (AvgIpc) is 2.29. The van der Waals surface area contributed by atoms with Gasteiger partial charge in [-0.1, -0.05) is 29.3 Å². The molecule has 0 saturated heterocycles. The Labute approximate surface area is 122 Å². The van der Waals surface area contributed by atoms with Crippen molar-refractivity contribution in [3.63, 3.8) is 0 Å². The summed E-state index contributed by atoms with van der Waals surface area (Å²) < 4.78 is 0. The second-order valence-corrected chi connectivity index (χ2v) is 5.54. The fourth-order valence-corrected chi connectivity index (χ4v) is 2.63. The first-order chi connectivity index (χ1) is 8.65. The van der Waals surface area contributed by atoms with E-state index in [-0.39, 0.29) is 5.91 Å². The number of nitrogens with zero attached hydrogens (tertiary/aromatic N) is 1. The summed E-state index contributed by atoms with van der Waals surface area (Å²) in [5.41, 5.74) is 0.459. The third-order valence-corrected chi connectivity index (χ3v) is 4.27. The second kappa shape index (κ2) is 6.14. The number of hydrogen-bond donors (Lipinski definition) is 0. The minimum Gasteiger partial charge on any atom is -0.334 e. The quantitative estimate of drug-likeness (QED) is 0.762. The summed E-state index contributed by atoms with van der Waals surface area (Å²) in [6.45, 7) is 0.550. The number of carbonyl (C=O) groups excluding carboxylic acids is 1. The zero-order valence-corrected chi connectivity index (χ0v) is 12.1. The van der Waals surface area contributed by atoms with Crippen LogP contribution < -0.4 is 0 Å². The minimum absolute atomic E-state index is 0.0761. The number of halogens is 3. The SMILES string of the molecule is O=C(c1cccc(Cl)c1Cl)N(CCCl)C1CCC1. The van der Waals surface area contributed by atoms with Crippen LogP contribution in [0, 0.1) is 0 Å². The number of hydrogen-bond acceptors (Lipinski definition) is 1. The lowest BCUT2D eigenvalue weighted by atomic mass is 9.91. The summed E-state index contributed by atoms with van der Waals surface area (Å²) in [4.78, 5) is 14.3. The third kappa shape index (κ3) is 2.76. The molecule has 1 amide bonds. The summed E-state index contributed by atoms with van der Waals surface area (Å²) in [5, 5.41) is 0.727. The number of benzene rings is 1. The first kappa shape index (κ1) is 14.0. The van der Waals surface area contributed by atoms with Gasteiger partial charge in [0.15, 0.2) is 0 Å². The first-order valence-electron chi connectivity index (χ1n) is 5.96. The van der Waals surface area contributed by atoms with E-state index in [1.165, 1.54) is 6.42 Å². The molecule has 2 rings (SSSR count). The van der Waals surface area contributed by atoms with Gasteiger partial charge in [-0.3, -0.25) is 4.79 Å². The van der Waals surface area contributed by atoms with Crippen molar-refractivity contribution in [1.82, 2.24) is 4.90 Å². The Morgan fingerprint density at radius 2 is 2.06 bits per heavy atom. The van der Waals surface area contributed by atoms with Crippen molar-refractivity contribution in [3.05, 3.63) is 33.8 Å². The highest BCUT2D eigenvalue weighted by Crippen LogP contribution is 2.30. The van der Waals surface area contributed by atoms with Crippen LogP contribution in [0.5, 0.6) is 0 Å². The van der Waals surface area contributed by atoms with Crippen LogP contribution in [0.3, 0.4) is 0 Å². The van der Waals surface area contributed by atoms with Gasteiger partial charge >= 0.3 is 0 Å². The molecule has 1 aromatic carbocycles. The minimum atomic E-state index is -0.0761. The van der Waals surface area contributed by atoms with Gasteiger partial charge in [-0.2, -0.15) is 0 Å². The molecule has 0 spiro atoms. The van der Waals surface area contributed by atoms with Gasteiger partial charge in [-0.05, 0) is 31.4 Å². The Hall–Kier alpha value is -0.440. The van der Waals surface area contributed by atoms with Crippen molar-refractivity contribution in [2.45, 2.75) is 25.3 Å². The molecular weight excluding hydrogens is 293 g/mol. The van der Waals surface area contributed by atoms with Crippen molar-refractivity contribution < 1.29 is 4.79 Å². The molecule has 0 bridgehead atoms. The van der Waals surface area contributed by atoms with Crippen LogP contribution in [-0.4, -0.2) is 29.3 Å². The van der Waals surface area contributed by atoms with Crippen molar-refractivity contribution in [2.75, 3.05) is 12.4 Å². The highest BCUT2D eigenvalue weighted by molar-refractivity contribution is 6.43. The van der Waals surface area contributed by atoms with E-state index < -0.39 is 0 Å². The van der Waals surface area contributed by atoms with E-state index >= 15 is 0 Å². The first-order valence-corrected chi connectivity index (χ1v) is 7.25. The van der Waals surface area contributed by atoms with E-state index in [1.807, 2.05) is 4.90 Å². The maximum absolute atomic E-state index is 12.5. The molecule has 0 atom stereocenters. The van der Waals surface area contributed by atoms with Crippen LogP contribution in [0.15, 0.2) is 18.2 Å². The molecule has 1 aromatic rings. The lowest BCUT2D eigenvalue weighted by Gasteiger charge is -2.37. The van der Waals surface area contributed by atoms with Crippen molar-refractivity contribution in [1.29, 1.82) is 0 Å². The summed E-state index contributed by atoms with van der Waals surface area (Å²) in [6.07, 6.45) is 3.25. The van der Waals surface area contributed by atoms with Gasteiger partial charge in [0.1, 0.15) is 0 Å². The zero-order chi connectivity index (χ0) is 13.1. The largest absolute Gasteiger partial charge is 0.334 e. The maximum atomic E-state index is 12.5. The Kier molecular flexibility index (Phi) is 4.77. The molecule has 2 nitrogen and oxygen atoms in total. The van der Waals surface area contributed by atoms with Gasteiger partial charge in [-0.15, -0.1) is 11.6 Å². The Morgan fingerprint density at radius 3 is 2.61 bits per heavy atom. The molecule has 1 fully saturated rings. The predicted octanol–water partition coefficient (Wildman–Crippen LogP) is 4.23. The molecule has 98 valence electrons. The fraction of sp³-hybridized carbons (Fsp3) is 0.462. The smallest absolute Gasteiger partial charge is 0.255 e. The number of rotatable bonds is 4. The Bertz CT molecular complexity index is 446. The van der Waals surface area contributed by atoms with Crippen molar-refractivity contribution in [3.8, 4) is 0 Å². The summed E-state index contributed by atoms with van der Waals surface area (Å²) in [7, 11) is 0. The van der Waals surface area contributed by atoms with Crippen LogP contribution in [-0.2, 0) is 0 Å². The molecule has 0 heterocycles. The summed E-state index contributed by atoms with van der Waals surface area (Å²) >= 11 is 17.8. The molecule has 1 saturated carbocycles. The molecule has 0 radical (unpaired) electrons. The normalized spacial score (nSPS) is 15.3. The summed E-state index contributed by atoms with van der Waals surface area (Å²) in [5.74, 6) is 0.355. The van der Waals surface area contributed by atoms with E-state index in [0.717, 1.165) is 12.8 Å². The van der Waals surface area contributed by atoms with Crippen LogP contribution in [0.2, 0.25) is 10.0 Å². The predicted molar refractivity (Wildman–Crippen MR) is 75.9 cm³/mol. The van der Waals surface area contributed by atoms with Crippen molar-refractivity contribution >= 4 is 40.7 Å². The van der Waals surface area contributed by atoms with Gasteiger partial charge in [0.25, 0.3) is 5.91 Å². The van der Waals surface area contributed by atoms with E-state index in [1.54, 1.807) is 18.2 Å². The van der Waals surface area contributed by atoms with E-state index in [2.05, 4.69) is 0 Å². The van der Waals surface area contributed by atoms with Gasteiger partial charge in [-0.25, -0.2) is 0 Å². The lowest BCUT2D eigenvalue weighted by molar-refractivity contribution is 0.0598. The molecule has 0 aliphatic heterocycles. The monoisotopic (exact) mass is 305 g/mol. The van der Waals surface area contributed by atoms with Crippen LogP contribution in [0.25, 0.3) is 0 Å². The molecule has 18 heavy (non-hydrogen) atoms.